The highest BCUT2D eigenvalue weighted by Gasteiger charge is 2.12. The zero-order valence-electron chi connectivity index (χ0n) is 12.8. The van der Waals surface area contributed by atoms with Gasteiger partial charge in [-0.05, 0) is 32.0 Å². The van der Waals surface area contributed by atoms with E-state index in [4.69, 9.17) is 4.74 Å². The van der Waals surface area contributed by atoms with Gasteiger partial charge >= 0.3 is 5.97 Å². The maximum atomic E-state index is 11.9. The summed E-state index contributed by atoms with van der Waals surface area (Å²) < 4.78 is 4.94. The van der Waals surface area contributed by atoms with Crippen LogP contribution in [0.4, 0.5) is 5.69 Å². The lowest BCUT2D eigenvalue weighted by Crippen LogP contribution is -2.34. The number of hydrogen-bond acceptors (Lipinski definition) is 4. The number of ether oxygens (including phenoxy) is 1. The first-order chi connectivity index (χ1) is 10.2. The smallest absolute Gasteiger partial charge is 0.320 e. The second kappa shape index (κ2) is 9.94. The normalized spacial score (nSPS) is 10.4. The summed E-state index contributed by atoms with van der Waals surface area (Å²) in [5.41, 5.74) is 0.787. The van der Waals surface area contributed by atoms with E-state index in [1.165, 1.54) is 0 Å². The van der Waals surface area contributed by atoms with Crippen molar-refractivity contribution in [1.29, 1.82) is 0 Å². The molecular weight excluding hydrogens is 268 g/mol. The van der Waals surface area contributed by atoms with Crippen molar-refractivity contribution < 1.29 is 14.3 Å². The third-order valence-electron chi connectivity index (χ3n) is 2.91. The zero-order chi connectivity index (χ0) is 15.5. The van der Waals surface area contributed by atoms with Gasteiger partial charge in [0.1, 0.15) is 0 Å². The molecule has 1 amide bonds. The van der Waals surface area contributed by atoms with Crippen LogP contribution in [-0.2, 0) is 14.3 Å². The van der Waals surface area contributed by atoms with Crippen molar-refractivity contribution >= 4 is 17.6 Å². The molecule has 116 valence electrons. The van der Waals surface area contributed by atoms with Gasteiger partial charge in [0, 0.05) is 18.7 Å². The minimum Gasteiger partial charge on any atom is -0.465 e. The average molecular weight is 292 g/mol. The summed E-state index contributed by atoms with van der Waals surface area (Å²) in [7, 11) is 0. The molecular formula is C16H24N2O3. The number of rotatable bonds is 9. The van der Waals surface area contributed by atoms with Crippen LogP contribution in [-0.4, -0.2) is 43.0 Å². The monoisotopic (exact) mass is 292 g/mol. The van der Waals surface area contributed by atoms with Gasteiger partial charge in [0.05, 0.1) is 13.2 Å². The molecule has 1 rings (SSSR count). The molecule has 0 atom stereocenters. The number of nitrogens with zero attached hydrogens (tertiary/aromatic N) is 1. The molecule has 0 aliphatic heterocycles. The second-order valence-electron chi connectivity index (χ2n) is 4.75. The van der Waals surface area contributed by atoms with Crippen molar-refractivity contribution in [2.45, 2.75) is 26.7 Å². The number of nitrogens with one attached hydrogen (secondary N) is 1. The third kappa shape index (κ3) is 7.46. The van der Waals surface area contributed by atoms with E-state index in [-0.39, 0.29) is 18.4 Å². The molecule has 0 aromatic heterocycles. The molecule has 0 saturated carbocycles. The minimum absolute atomic E-state index is 0.0499. The molecule has 21 heavy (non-hydrogen) atoms. The Morgan fingerprint density at radius 2 is 1.86 bits per heavy atom. The Hall–Kier alpha value is -1.88. The molecule has 0 unspecified atom stereocenters. The minimum atomic E-state index is -0.241. The number of benzene rings is 1. The summed E-state index contributed by atoms with van der Waals surface area (Å²) in [5.74, 6) is -0.291. The highest BCUT2D eigenvalue weighted by molar-refractivity contribution is 5.90. The van der Waals surface area contributed by atoms with Crippen LogP contribution in [0.25, 0.3) is 0 Å². The molecule has 0 aliphatic carbocycles. The van der Waals surface area contributed by atoms with Crippen molar-refractivity contribution in [1.82, 2.24) is 4.90 Å². The largest absolute Gasteiger partial charge is 0.465 e. The maximum Gasteiger partial charge on any atom is 0.320 e. The molecule has 0 heterocycles. The lowest BCUT2D eigenvalue weighted by atomic mass is 10.3. The van der Waals surface area contributed by atoms with Gasteiger partial charge in [-0.2, -0.15) is 0 Å². The molecule has 0 radical (unpaired) electrons. The summed E-state index contributed by atoms with van der Waals surface area (Å²) in [6.45, 7) is 5.77. The number of amides is 1. The van der Waals surface area contributed by atoms with Crippen LogP contribution in [0.15, 0.2) is 30.3 Å². The molecule has 0 saturated heterocycles. The van der Waals surface area contributed by atoms with E-state index in [1.54, 1.807) is 6.92 Å². The van der Waals surface area contributed by atoms with Crippen LogP contribution >= 0.6 is 0 Å². The molecule has 1 aromatic rings. The van der Waals surface area contributed by atoms with E-state index >= 15 is 0 Å². The highest BCUT2D eigenvalue weighted by Crippen LogP contribution is 2.06. The van der Waals surface area contributed by atoms with E-state index in [2.05, 4.69) is 5.32 Å². The molecule has 1 aromatic carbocycles. The fourth-order valence-corrected chi connectivity index (χ4v) is 1.98. The lowest BCUT2D eigenvalue weighted by molar-refractivity contribution is -0.144. The van der Waals surface area contributed by atoms with Crippen LogP contribution in [0.1, 0.15) is 26.7 Å². The fourth-order valence-electron chi connectivity index (χ4n) is 1.98. The molecule has 5 heteroatoms. The quantitative estimate of drug-likeness (QED) is 0.709. The topological polar surface area (TPSA) is 58.6 Å². The van der Waals surface area contributed by atoms with Gasteiger partial charge in [-0.3, -0.25) is 14.5 Å². The van der Waals surface area contributed by atoms with Crippen LogP contribution < -0.4 is 5.32 Å². The van der Waals surface area contributed by atoms with Gasteiger partial charge < -0.3 is 10.1 Å². The van der Waals surface area contributed by atoms with Gasteiger partial charge in [0.15, 0.2) is 0 Å². The van der Waals surface area contributed by atoms with Crippen LogP contribution in [0.5, 0.6) is 0 Å². The molecule has 0 bridgehead atoms. The third-order valence-corrected chi connectivity index (χ3v) is 2.91. The Kier molecular flexibility index (Phi) is 8.12. The Morgan fingerprint density at radius 1 is 1.14 bits per heavy atom. The van der Waals surface area contributed by atoms with Crippen molar-refractivity contribution in [2.75, 3.05) is 31.6 Å². The number of esters is 1. The standard InChI is InChI=1S/C16H24N2O3/c1-3-11-18(13-16(20)21-4-2)12-10-15(19)17-14-8-6-5-7-9-14/h5-9H,3-4,10-13H2,1-2H3,(H,17,19). The highest BCUT2D eigenvalue weighted by atomic mass is 16.5. The summed E-state index contributed by atoms with van der Waals surface area (Å²) in [6, 6.07) is 9.35. The van der Waals surface area contributed by atoms with Gasteiger partial charge in [0.2, 0.25) is 5.91 Å². The number of carbonyl (C=O) groups excluding carboxylic acids is 2. The van der Waals surface area contributed by atoms with Crippen molar-refractivity contribution in [2.24, 2.45) is 0 Å². The number of anilines is 1. The average Bonchev–Trinajstić information content (AvgIpc) is 2.46. The number of para-hydroxylation sites is 1. The first-order valence-electron chi connectivity index (χ1n) is 7.38. The molecule has 1 N–H and O–H groups in total. The Morgan fingerprint density at radius 3 is 2.48 bits per heavy atom. The van der Waals surface area contributed by atoms with E-state index in [9.17, 15) is 9.59 Å². The molecule has 0 spiro atoms. The van der Waals surface area contributed by atoms with Crippen LogP contribution in [0, 0.1) is 0 Å². The summed E-state index contributed by atoms with van der Waals surface area (Å²) in [6.07, 6.45) is 1.29. The summed E-state index contributed by atoms with van der Waals surface area (Å²) in [4.78, 5) is 25.3. The van der Waals surface area contributed by atoms with Crippen LogP contribution in [0.2, 0.25) is 0 Å². The van der Waals surface area contributed by atoms with E-state index in [1.807, 2.05) is 42.2 Å². The van der Waals surface area contributed by atoms with Crippen LogP contribution in [0.3, 0.4) is 0 Å². The van der Waals surface area contributed by atoms with E-state index < -0.39 is 0 Å². The lowest BCUT2D eigenvalue weighted by Gasteiger charge is -2.20. The first-order valence-corrected chi connectivity index (χ1v) is 7.38. The predicted molar refractivity (Wildman–Crippen MR) is 83.1 cm³/mol. The van der Waals surface area contributed by atoms with Crippen molar-refractivity contribution in [3.63, 3.8) is 0 Å². The Bertz CT molecular complexity index is 434. The molecule has 0 aliphatic rings. The molecule has 5 nitrogen and oxygen atoms in total. The van der Waals surface area contributed by atoms with Gasteiger partial charge in [-0.15, -0.1) is 0 Å². The summed E-state index contributed by atoms with van der Waals surface area (Å²) >= 11 is 0. The Balaban J connectivity index is 2.38. The van der Waals surface area contributed by atoms with E-state index in [0.29, 0.717) is 19.6 Å². The zero-order valence-corrected chi connectivity index (χ0v) is 12.8. The van der Waals surface area contributed by atoms with Crippen molar-refractivity contribution in [3.8, 4) is 0 Å². The molecule has 0 fully saturated rings. The maximum absolute atomic E-state index is 11.9. The second-order valence-corrected chi connectivity index (χ2v) is 4.75. The van der Waals surface area contributed by atoms with Crippen molar-refractivity contribution in [3.05, 3.63) is 30.3 Å². The van der Waals surface area contributed by atoms with Gasteiger partial charge in [0.25, 0.3) is 0 Å². The Labute approximate surface area is 126 Å². The number of hydrogen-bond donors (Lipinski definition) is 1. The first kappa shape index (κ1) is 17.2. The fraction of sp³-hybridized carbons (Fsp3) is 0.500. The number of carbonyl (C=O) groups is 2. The SMILES string of the molecule is CCCN(CCC(=O)Nc1ccccc1)CC(=O)OCC. The van der Waals surface area contributed by atoms with E-state index in [0.717, 1.165) is 18.7 Å². The van der Waals surface area contributed by atoms with Gasteiger partial charge in [-0.1, -0.05) is 25.1 Å². The predicted octanol–water partition coefficient (Wildman–Crippen LogP) is 2.29. The summed E-state index contributed by atoms with van der Waals surface area (Å²) in [5, 5.41) is 2.84. The van der Waals surface area contributed by atoms with Gasteiger partial charge in [-0.25, -0.2) is 0 Å².